The minimum absolute atomic E-state index is 0.300. The number of fused-ring (bicyclic) bond motifs is 1. The summed E-state index contributed by atoms with van der Waals surface area (Å²) in [6.07, 6.45) is 1.70. The predicted molar refractivity (Wildman–Crippen MR) is 62.8 cm³/mol. The molecule has 1 fully saturated rings. The first kappa shape index (κ1) is 10.6. The molecule has 0 spiro atoms. The van der Waals surface area contributed by atoms with E-state index in [0.29, 0.717) is 25.7 Å². The Bertz CT molecular complexity index is 458. The van der Waals surface area contributed by atoms with Crippen LogP contribution in [-0.2, 0) is 4.74 Å². The lowest BCUT2D eigenvalue weighted by atomic mass is 9.78. The van der Waals surface area contributed by atoms with Crippen LogP contribution in [0.4, 0.5) is 0 Å². The Morgan fingerprint density at radius 3 is 3.06 bits per heavy atom. The summed E-state index contributed by atoms with van der Waals surface area (Å²) in [6.45, 7) is 1.98. The minimum atomic E-state index is -0.300. The van der Waals surface area contributed by atoms with E-state index in [-0.39, 0.29) is 5.41 Å². The van der Waals surface area contributed by atoms with E-state index in [1.54, 1.807) is 0 Å². The van der Waals surface area contributed by atoms with Crippen LogP contribution in [0.5, 0.6) is 5.75 Å². The van der Waals surface area contributed by atoms with Crippen molar-refractivity contribution in [2.75, 3.05) is 19.8 Å². The summed E-state index contributed by atoms with van der Waals surface area (Å²) >= 11 is 0. The molecule has 3 heteroatoms. The van der Waals surface area contributed by atoms with Gasteiger partial charge in [0, 0.05) is 18.1 Å². The Hall–Kier alpha value is -1.53. The van der Waals surface area contributed by atoms with Crippen molar-refractivity contribution in [3.63, 3.8) is 0 Å². The molecule has 0 aliphatic carbocycles. The Balaban J connectivity index is 1.82. The summed E-state index contributed by atoms with van der Waals surface area (Å²) in [5.74, 6) is 1.32. The molecule has 3 nitrogen and oxygen atoms in total. The van der Waals surface area contributed by atoms with E-state index in [9.17, 15) is 5.26 Å². The molecule has 1 aromatic carbocycles. The highest BCUT2D eigenvalue weighted by Crippen LogP contribution is 2.43. The van der Waals surface area contributed by atoms with Gasteiger partial charge in [-0.3, -0.25) is 0 Å². The van der Waals surface area contributed by atoms with Gasteiger partial charge in [-0.15, -0.1) is 0 Å². The van der Waals surface area contributed by atoms with E-state index in [1.807, 2.05) is 18.2 Å². The van der Waals surface area contributed by atoms with Gasteiger partial charge in [-0.25, -0.2) is 0 Å². The van der Waals surface area contributed by atoms with Crippen molar-refractivity contribution in [2.45, 2.75) is 18.8 Å². The quantitative estimate of drug-likeness (QED) is 0.782. The molecular weight excluding hydrogens is 214 g/mol. The van der Waals surface area contributed by atoms with Crippen LogP contribution in [0.2, 0.25) is 0 Å². The lowest BCUT2D eigenvalue weighted by Crippen LogP contribution is -2.22. The molecule has 2 heterocycles. The molecule has 88 valence electrons. The lowest BCUT2D eigenvalue weighted by Gasteiger charge is -2.21. The van der Waals surface area contributed by atoms with Crippen molar-refractivity contribution in [1.82, 2.24) is 0 Å². The summed E-state index contributed by atoms with van der Waals surface area (Å²) < 4.78 is 11.0. The summed E-state index contributed by atoms with van der Waals surface area (Å²) in [5, 5.41) is 9.35. The molecule has 2 aliphatic rings. The van der Waals surface area contributed by atoms with Gasteiger partial charge in [0.25, 0.3) is 0 Å². The molecule has 0 radical (unpaired) electrons. The van der Waals surface area contributed by atoms with Crippen molar-refractivity contribution in [3.05, 3.63) is 29.8 Å². The van der Waals surface area contributed by atoms with Crippen LogP contribution >= 0.6 is 0 Å². The maximum Gasteiger partial charge on any atom is 0.122 e. The van der Waals surface area contributed by atoms with Crippen LogP contribution < -0.4 is 4.74 Å². The van der Waals surface area contributed by atoms with Gasteiger partial charge in [0.15, 0.2) is 0 Å². The van der Waals surface area contributed by atoms with Crippen molar-refractivity contribution >= 4 is 0 Å². The zero-order chi connectivity index (χ0) is 11.7. The fraction of sp³-hybridized carbons (Fsp3) is 0.500. The smallest absolute Gasteiger partial charge is 0.122 e. The van der Waals surface area contributed by atoms with Gasteiger partial charge in [0.2, 0.25) is 0 Å². The normalized spacial score (nSPS) is 30.6. The highest BCUT2D eigenvalue weighted by atomic mass is 16.5. The molecule has 0 amide bonds. The Morgan fingerprint density at radius 2 is 2.29 bits per heavy atom. The largest absolute Gasteiger partial charge is 0.493 e. The summed E-state index contributed by atoms with van der Waals surface area (Å²) in [5.41, 5.74) is 0.944. The van der Waals surface area contributed by atoms with Gasteiger partial charge in [-0.05, 0) is 18.9 Å². The SMILES string of the molecule is N#CC1(CC2COc3ccccc32)CCOC1. The van der Waals surface area contributed by atoms with Crippen LogP contribution in [0.15, 0.2) is 24.3 Å². The third-order valence-electron chi connectivity index (χ3n) is 3.78. The minimum Gasteiger partial charge on any atom is -0.493 e. The second-order valence-electron chi connectivity index (χ2n) is 4.94. The molecular formula is C14H15NO2. The molecule has 2 unspecified atom stereocenters. The molecule has 0 aromatic heterocycles. The number of ether oxygens (including phenoxy) is 2. The molecule has 2 aliphatic heterocycles. The first-order valence-corrected chi connectivity index (χ1v) is 6.04. The number of rotatable bonds is 2. The first-order chi connectivity index (χ1) is 8.33. The van der Waals surface area contributed by atoms with E-state index < -0.39 is 0 Å². The average molecular weight is 229 g/mol. The zero-order valence-corrected chi connectivity index (χ0v) is 9.69. The van der Waals surface area contributed by atoms with E-state index in [4.69, 9.17) is 9.47 Å². The molecule has 1 saturated heterocycles. The van der Waals surface area contributed by atoms with Crippen LogP contribution in [0.1, 0.15) is 24.3 Å². The predicted octanol–water partition coefficient (Wildman–Crippen LogP) is 2.48. The number of nitrogens with zero attached hydrogens (tertiary/aromatic N) is 1. The van der Waals surface area contributed by atoms with Gasteiger partial charge >= 0.3 is 0 Å². The lowest BCUT2D eigenvalue weighted by molar-refractivity contribution is 0.163. The number of hydrogen-bond acceptors (Lipinski definition) is 3. The maximum absolute atomic E-state index is 9.35. The molecule has 17 heavy (non-hydrogen) atoms. The van der Waals surface area contributed by atoms with Gasteiger partial charge in [0.05, 0.1) is 24.7 Å². The first-order valence-electron chi connectivity index (χ1n) is 6.04. The van der Waals surface area contributed by atoms with Crippen LogP contribution in [-0.4, -0.2) is 19.8 Å². The average Bonchev–Trinajstić information content (AvgIpc) is 2.99. The number of nitriles is 1. The molecule has 2 atom stereocenters. The van der Waals surface area contributed by atoms with Crippen LogP contribution in [0, 0.1) is 16.7 Å². The Labute approximate surface area is 101 Å². The summed E-state index contributed by atoms with van der Waals surface area (Å²) in [7, 11) is 0. The highest BCUT2D eigenvalue weighted by Gasteiger charge is 2.39. The fourth-order valence-corrected chi connectivity index (χ4v) is 2.77. The number of hydrogen-bond donors (Lipinski definition) is 0. The monoisotopic (exact) mass is 229 g/mol. The third kappa shape index (κ3) is 1.79. The highest BCUT2D eigenvalue weighted by molar-refractivity contribution is 5.40. The molecule has 0 bridgehead atoms. The third-order valence-corrected chi connectivity index (χ3v) is 3.78. The Morgan fingerprint density at radius 1 is 1.41 bits per heavy atom. The van der Waals surface area contributed by atoms with E-state index in [0.717, 1.165) is 18.6 Å². The zero-order valence-electron chi connectivity index (χ0n) is 9.69. The van der Waals surface area contributed by atoms with E-state index in [2.05, 4.69) is 12.1 Å². The van der Waals surface area contributed by atoms with Crippen LogP contribution in [0.3, 0.4) is 0 Å². The summed E-state index contributed by atoms with van der Waals surface area (Å²) in [4.78, 5) is 0. The standard InChI is InChI=1S/C14H15NO2/c15-9-14(5-6-16-10-14)7-11-8-17-13-4-2-1-3-12(11)13/h1-4,11H,5-8,10H2. The molecule has 0 N–H and O–H groups in total. The number of benzene rings is 1. The van der Waals surface area contributed by atoms with E-state index in [1.165, 1.54) is 5.56 Å². The van der Waals surface area contributed by atoms with Gasteiger partial charge < -0.3 is 9.47 Å². The second-order valence-corrected chi connectivity index (χ2v) is 4.94. The Kier molecular flexibility index (Phi) is 2.53. The topological polar surface area (TPSA) is 42.2 Å². The van der Waals surface area contributed by atoms with Gasteiger partial charge in [-0.1, -0.05) is 18.2 Å². The molecule has 3 rings (SSSR count). The van der Waals surface area contributed by atoms with Crippen molar-refractivity contribution in [1.29, 1.82) is 5.26 Å². The van der Waals surface area contributed by atoms with Crippen molar-refractivity contribution in [3.8, 4) is 11.8 Å². The number of para-hydroxylation sites is 1. The van der Waals surface area contributed by atoms with E-state index >= 15 is 0 Å². The van der Waals surface area contributed by atoms with Crippen LogP contribution in [0.25, 0.3) is 0 Å². The maximum atomic E-state index is 9.35. The van der Waals surface area contributed by atoms with Gasteiger partial charge in [0.1, 0.15) is 5.75 Å². The molecule has 1 aromatic rings. The molecule has 0 saturated carbocycles. The fourth-order valence-electron chi connectivity index (χ4n) is 2.77. The van der Waals surface area contributed by atoms with Gasteiger partial charge in [-0.2, -0.15) is 5.26 Å². The van der Waals surface area contributed by atoms with Crippen molar-refractivity contribution in [2.24, 2.45) is 5.41 Å². The second kappa shape index (κ2) is 4.05. The summed E-state index contributed by atoms with van der Waals surface area (Å²) in [6, 6.07) is 10.6. The van der Waals surface area contributed by atoms with Crippen molar-refractivity contribution < 1.29 is 9.47 Å².